The van der Waals surface area contributed by atoms with E-state index in [0.29, 0.717) is 18.3 Å². The van der Waals surface area contributed by atoms with Crippen LogP contribution >= 0.6 is 0 Å². The van der Waals surface area contributed by atoms with Crippen molar-refractivity contribution < 1.29 is 14.1 Å². The number of hydrogen-bond acceptors (Lipinski definition) is 6. The van der Waals surface area contributed by atoms with Gasteiger partial charge in [0.15, 0.2) is 5.82 Å². The fourth-order valence-electron chi connectivity index (χ4n) is 2.51. The molecule has 7 heteroatoms. The molecule has 21 heavy (non-hydrogen) atoms. The minimum Gasteiger partial charge on any atom is -0.377 e. The number of ether oxygens (including phenoxy) is 1. The number of rotatable bonds is 6. The molecule has 7 nitrogen and oxygen atoms in total. The first kappa shape index (κ1) is 15.9. The first-order chi connectivity index (χ1) is 10.2. The molecule has 1 amide bonds. The van der Waals surface area contributed by atoms with Gasteiger partial charge in [0.1, 0.15) is 6.61 Å². The van der Waals surface area contributed by atoms with Crippen LogP contribution in [-0.2, 0) is 22.7 Å². The molecule has 1 aromatic heterocycles. The van der Waals surface area contributed by atoms with Crippen LogP contribution in [0.4, 0.5) is 0 Å². The number of hydrogen-bond donors (Lipinski definition) is 1. The van der Waals surface area contributed by atoms with E-state index in [9.17, 15) is 4.79 Å². The number of carbonyl (C=O) groups is 1. The molecule has 118 valence electrons. The summed E-state index contributed by atoms with van der Waals surface area (Å²) in [4.78, 5) is 18.6. The van der Waals surface area contributed by atoms with Gasteiger partial charge in [-0.3, -0.25) is 9.69 Å². The lowest BCUT2D eigenvalue weighted by Crippen LogP contribution is -2.45. The third-order valence-electron chi connectivity index (χ3n) is 3.77. The van der Waals surface area contributed by atoms with Crippen LogP contribution in [0.25, 0.3) is 0 Å². The normalized spacial score (nSPS) is 18.2. The van der Waals surface area contributed by atoms with Gasteiger partial charge in [-0.15, -0.1) is 0 Å². The van der Waals surface area contributed by atoms with Crippen LogP contribution in [0.2, 0.25) is 0 Å². The quantitative estimate of drug-likeness (QED) is 0.846. The van der Waals surface area contributed by atoms with E-state index in [1.165, 1.54) is 25.7 Å². The maximum Gasteiger partial charge on any atom is 0.246 e. The molecule has 0 unspecified atom stereocenters. The van der Waals surface area contributed by atoms with Crippen LogP contribution in [0.15, 0.2) is 4.52 Å². The standard InChI is InChI=1S/C14H24N4O3/c1-11(18-7-5-3-4-6-8-18)14(19)15-9-13-16-12(10-20-2)17-21-13/h11H,3-10H2,1-2H3,(H,15,19)/t11-/m0/s1. The molecule has 0 aliphatic carbocycles. The van der Waals surface area contributed by atoms with Crippen molar-refractivity contribution in [2.24, 2.45) is 0 Å². The Hall–Kier alpha value is -1.47. The van der Waals surface area contributed by atoms with Crippen LogP contribution < -0.4 is 5.32 Å². The number of methoxy groups -OCH3 is 1. The molecule has 1 N–H and O–H groups in total. The Labute approximate surface area is 125 Å². The van der Waals surface area contributed by atoms with E-state index in [-0.39, 0.29) is 18.5 Å². The number of nitrogens with one attached hydrogen (secondary N) is 1. The van der Waals surface area contributed by atoms with Crippen molar-refractivity contribution in [2.75, 3.05) is 20.2 Å². The highest BCUT2D eigenvalue weighted by molar-refractivity contribution is 5.81. The van der Waals surface area contributed by atoms with Gasteiger partial charge in [0.2, 0.25) is 11.8 Å². The Bertz CT molecular complexity index is 441. The summed E-state index contributed by atoms with van der Waals surface area (Å²) < 4.78 is 9.96. The van der Waals surface area contributed by atoms with Crippen molar-refractivity contribution in [1.29, 1.82) is 0 Å². The zero-order valence-electron chi connectivity index (χ0n) is 12.8. The van der Waals surface area contributed by atoms with Crippen LogP contribution in [0, 0.1) is 0 Å². The van der Waals surface area contributed by atoms with E-state index in [2.05, 4.69) is 20.4 Å². The summed E-state index contributed by atoms with van der Waals surface area (Å²) in [5, 5.41) is 6.61. The molecule has 0 aromatic carbocycles. The first-order valence-corrected chi connectivity index (χ1v) is 7.53. The lowest BCUT2D eigenvalue weighted by atomic mass is 10.2. The second-order valence-electron chi connectivity index (χ2n) is 5.38. The number of likely N-dealkylation sites (tertiary alicyclic amines) is 1. The van der Waals surface area contributed by atoms with Gasteiger partial charge < -0.3 is 14.6 Å². The topological polar surface area (TPSA) is 80.5 Å². The molecule has 0 spiro atoms. The van der Waals surface area contributed by atoms with Crippen LogP contribution in [0.1, 0.15) is 44.3 Å². The van der Waals surface area contributed by atoms with Gasteiger partial charge >= 0.3 is 0 Å². The highest BCUT2D eigenvalue weighted by Gasteiger charge is 2.22. The van der Waals surface area contributed by atoms with E-state index in [1.54, 1.807) is 7.11 Å². The van der Waals surface area contributed by atoms with E-state index in [4.69, 9.17) is 9.26 Å². The Kier molecular flexibility index (Phi) is 6.13. The Balaban J connectivity index is 1.79. The maximum absolute atomic E-state index is 12.2. The summed E-state index contributed by atoms with van der Waals surface area (Å²) >= 11 is 0. The number of aromatic nitrogens is 2. The lowest BCUT2D eigenvalue weighted by molar-refractivity contribution is -0.126. The van der Waals surface area contributed by atoms with E-state index in [0.717, 1.165) is 13.1 Å². The van der Waals surface area contributed by atoms with Crippen molar-refractivity contribution in [3.05, 3.63) is 11.7 Å². The molecule has 0 bridgehead atoms. The highest BCUT2D eigenvalue weighted by Crippen LogP contribution is 2.12. The second-order valence-corrected chi connectivity index (χ2v) is 5.38. The average molecular weight is 296 g/mol. The fraction of sp³-hybridized carbons (Fsp3) is 0.786. The van der Waals surface area contributed by atoms with Crippen molar-refractivity contribution in [1.82, 2.24) is 20.4 Å². The summed E-state index contributed by atoms with van der Waals surface area (Å²) in [7, 11) is 1.57. The fourth-order valence-corrected chi connectivity index (χ4v) is 2.51. The Morgan fingerprint density at radius 2 is 2.10 bits per heavy atom. The Morgan fingerprint density at radius 1 is 1.38 bits per heavy atom. The van der Waals surface area contributed by atoms with E-state index < -0.39 is 0 Å². The second kappa shape index (κ2) is 8.09. The number of carbonyl (C=O) groups excluding carboxylic acids is 1. The highest BCUT2D eigenvalue weighted by atomic mass is 16.5. The van der Waals surface area contributed by atoms with Gasteiger partial charge in [0.25, 0.3) is 0 Å². The van der Waals surface area contributed by atoms with Gasteiger partial charge in [-0.05, 0) is 32.9 Å². The first-order valence-electron chi connectivity index (χ1n) is 7.53. The van der Waals surface area contributed by atoms with Crippen LogP contribution in [0.3, 0.4) is 0 Å². The zero-order valence-corrected chi connectivity index (χ0v) is 12.8. The van der Waals surface area contributed by atoms with E-state index in [1.807, 2.05) is 6.92 Å². The van der Waals surface area contributed by atoms with Crippen LogP contribution in [0.5, 0.6) is 0 Å². The number of amides is 1. The molecule has 1 fully saturated rings. The maximum atomic E-state index is 12.2. The lowest BCUT2D eigenvalue weighted by Gasteiger charge is -2.26. The monoisotopic (exact) mass is 296 g/mol. The minimum absolute atomic E-state index is 0.00314. The molecule has 1 atom stereocenters. The molecule has 1 aromatic rings. The number of nitrogens with zero attached hydrogens (tertiary/aromatic N) is 3. The third kappa shape index (κ3) is 4.78. The van der Waals surface area contributed by atoms with Crippen molar-refractivity contribution in [3.63, 3.8) is 0 Å². The van der Waals surface area contributed by atoms with Crippen molar-refractivity contribution >= 4 is 5.91 Å². The van der Waals surface area contributed by atoms with Crippen LogP contribution in [-0.4, -0.2) is 47.2 Å². The van der Waals surface area contributed by atoms with E-state index >= 15 is 0 Å². The molecular formula is C14H24N4O3. The largest absolute Gasteiger partial charge is 0.377 e. The van der Waals surface area contributed by atoms with Crippen molar-refractivity contribution in [2.45, 2.75) is 51.8 Å². The zero-order chi connectivity index (χ0) is 15.1. The predicted octanol–water partition coefficient (Wildman–Crippen LogP) is 1.10. The molecule has 0 saturated carbocycles. The minimum atomic E-state index is -0.121. The van der Waals surface area contributed by atoms with Gasteiger partial charge in [-0.2, -0.15) is 4.98 Å². The molecule has 0 radical (unpaired) electrons. The summed E-state index contributed by atoms with van der Waals surface area (Å²) in [5.74, 6) is 0.893. The predicted molar refractivity (Wildman–Crippen MR) is 76.4 cm³/mol. The summed E-state index contributed by atoms with van der Waals surface area (Å²) in [6, 6.07) is -0.121. The molecule has 1 aliphatic rings. The molecule has 2 rings (SSSR count). The molecular weight excluding hydrogens is 272 g/mol. The third-order valence-corrected chi connectivity index (χ3v) is 3.77. The van der Waals surface area contributed by atoms with Gasteiger partial charge in [-0.25, -0.2) is 0 Å². The van der Waals surface area contributed by atoms with Gasteiger partial charge in [0.05, 0.1) is 12.6 Å². The van der Waals surface area contributed by atoms with Gasteiger partial charge in [-0.1, -0.05) is 18.0 Å². The molecule has 1 aliphatic heterocycles. The molecule has 2 heterocycles. The smallest absolute Gasteiger partial charge is 0.246 e. The molecule has 1 saturated heterocycles. The summed E-state index contributed by atoms with van der Waals surface area (Å²) in [6.07, 6.45) is 4.85. The summed E-state index contributed by atoms with van der Waals surface area (Å²) in [6.45, 7) is 4.50. The SMILES string of the molecule is COCc1noc(CNC(=O)[C@H](C)N2CCCCCC2)n1. The Morgan fingerprint density at radius 3 is 2.76 bits per heavy atom. The average Bonchev–Trinajstić information content (AvgIpc) is 2.76. The summed E-state index contributed by atoms with van der Waals surface area (Å²) in [5.41, 5.74) is 0. The van der Waals surface area contributed by atoms with Crippen molar-refractivity contribution in [3.8, 4) is 0 Å². The van der Waals surface area contributed by atoms with Gasteiger partial charge in [0, 0.05) is 7.11 Å².